The Morgan fingerprint density at radius 3 is 1.31 bits per heavy atom. The van der Waals surface area contributed by atoms with Gasteiger partial charge < -0.3 is 0 Å². The first-order valence-corrected chi connectivity index (χ1v) is 16.0. The minimum absolute atomic E-state index is 0.293. The summed E-state index contributed by atoms with van der Waals surface area (Å²) in [6.45, 7) is -0.906. The summed E-state index contributed by atoms with van der Waals surface area (Å²) in [5, 5.41) is 81.6. The van der Waals surface area contributed by atoms with Crippen LogP contribution in [0, 0.1) is 0 Å². The number of hydrogen-bond acceptors (Lipinski definition) is 10. The molecule has 10 nitrogen and oxygen atoms in total. The van der Waals surface area contributed by atoms with E-state index in [1.807, 2.05) is 36.4 Å². The van der Waals surface area contributed by atoms with Gasteiger partial charge in [-0.1, -0.05) is 0 Å². The molecule has 2 aliphatic heterocycles. The molecule has 0 aliphatic carbocycles. The fourth-order valence-corrected chi connectivity index (χ4v) is 9.38. The van der Waals surface area contributed by atoms with Gasteiger partial charge in [-0.2, -0.15) is 0 Å². The topological polar surface area (TPSA) is 180 Å². The van der Waals surface area contributed by atoms with E-state index in [4.69, 9.17) is 9.47 Å². The predicted molar refractivity (Wildman–Crippen MR) is 130 cm³/mol. The summed E-state index contributed by atoms with van der Waals surface area (Å²) in [6, 6.07) is 11.8. The number of hydrogen-bond donors (Lipinski definition) is 8. The molecule has 2 saturated heterocycles. The second kappa shape index (κ2) is 12.5. The monoisotopic (exact) mass is 640 g/mol. The van der Waals surface area contributed by atoms with Crippen LogP contribution in [0.25, 0.3) is 10.8 Å². The molecule has 0 bridgehead atoms. The summed E-state index contributed by atoms with van der Waals surface area (Å²) in [6.07, 6.45) is -9.83. The summed E-state index contributed by atoms with van der Waals surface area (Å²) in [5.74, 6) is 0. The van der Waals surface area contributed by atoms with Crippen molar-refractivity contribution in [3.05, 3.63) is 47.5 Å². The summed E-state index contributed by atoms with van der Waals surface area (Å²) >= 11 is -0.586. The Morgan fingerprint density at radius 2 is 0.944 bits per heavy atom. The van der Waals surface area contributed by atoms with E-state index < -0.39 is 72.1 Å². The van der Waals surface area contributed by atoms with Crippen molar-refractivity contribution in [1.29, 1.82) is 0 Å². The average molecular weight is 638 g/mol. The quantitative estimate of drug-likeness (QED) is 0.138. The normalized spacial score (nSPS) is 37.3. The third-order valence-electron chi connectivity index (χ3n) is 6.61. The molecular weight excluding hydrogens is 606 g/mol. The number of aliphatic hydroxyl groups excluding tert-OH is 8. The van der Waals surface area contributed by atoms with Crippen LogP contribution < -0.4 is 0 Å². The third-order valence-corrected chi connectivity index (χ3v) is 11.6. The van der Waals surface area contributed by atoms with E-state index >= 15 is 0 Å². The molecule has 0 amide bonds. The fraction of sp³-hybridized carbons (Fsp3) is 0.583. The zero-order valence-electron chi connectivity index (χ0n) is 19.3. The van der Waals surface area contributed by atoms with Gasteiger partial charge >= 0.3 is 221 Å². The van der Waals surface area contributed by atoms with Gasteiger partial charge in [-0.25, -0.2) is 0 Å². The van der Waals surface area contributed by atoms with Gasteiger partial charge in [0.05, 0.1) is 0 Å². The minimum atomic E-state index is -1.38. The van der Waals surface area contributed by atoms with Crippen LogP contribution in [0.5, 0.6) is 0 Å². The standard InChI is InChI=1S/C24H32O10Se2/c25-7-15-17(27)19(29)21(31)23(33-15)35-9-11-3-1-5-13-12(4-2-6-14(11)13)10-36-24-22(32)20(30)18(28)16(8-26)34-24/h1-6,15-32H,7-10H2/t15-,16-,17+,18+,19+,20+,21-,22-,23+,24+/m1/s1. The SMILES string of the molecule is OC[C@H]1O[C@@H]([Se]Cc2cccc3c(C[Se][C@@H]4O[C@H](CO)[C@H](O)[C@H](O)[C@H]4O)cccc23)[C@H](O)[C@@H](O)[C@H]1O. The second-order valence-corrected chi connectivity index (χ2v) is 13.5. The molecule has 0 spiro atoms. The van der Waals surface area contributed by atoms with Crippen LogP contribution >= 0.6 is 0 Å². The molecule has 2 aliphatic rings. The van der Waals surface area contributed by atoms with Crippen molar-refractivity contribution in [3.63, 3.8) is 0 Å². The zero-order chi connectivity index (χ0) is 26.0. The molecule has 8 N–H and O–H groups in total. The van der Waals surface area contributed by atoms with Crippen molar-refractivity contribution >= 4 is 40.7 Å². The number of ether oxygens (including phenoxy) is 2. The average Bonchev–Trinajstić information content (AvgIpc) is 2.89. The van der Waals surface area contributed by atoms with Crippen LogP contribution in [0.1, 0.15) is 11.1 Å². The van der Waals surface area contributed by atoms with Crippen molar-refractivity contribution in [2.75, 3.05) is 13.2 Å². The fourth-order valence-electron chi connectivity index (χ4n) is 4.45. The molecule has 10 atom stereocenters. The number of benzene rings is 2. The van der Waals surface area contributed by atoms with E-state index in [-0.39, 0.29) is 29.9 Å². The molecule has 200 valence electrons. The summed E-state index contributed by atoms with van der Waals surface area (Å²) in [5.41, 5.74) is 2.07. The summed E-state index contributed by atoms with van der Waals surface area (Å²) in [4.78, 5) is 0. The Kier molecular flexibility index (Phi) is 9.81. The van der Waals surface area contributed by atoms with Gasteiger partial charge in [-0.3, -0.25) is 0 Å². The van der Waals surface area contributed by atoms with Crippen LogP contribution in [0.3, 0.4) is 0 Å². The molecule has 2 heterocycles. The Bertz CT molecular complexity index is 929. The molecule has 2 aromatic carbocycles. The second-order valence-electron chi connectivity index (χ2n) is 8.95. The van der Waals surface area contributed by atoms with Crippen molar-refractivity contribution in [1.82, 2.24) is 0 Å². The molecule has 2 fully saturated rings. The molecule has 0 unspecified atom stereocenters. The molecule has 0 radical (unpaired) electrons. The van der Waals surface area contributed by atoms with Crippen LogP contribution in [-0.2, 0) is 20.1 Å². The van der Waals surface area contributed by atoms with Gasteiger partial charge in [0, 0.05) is 0 Å². The molecule has 36 heavy (non-hydrogen) atoms. The molecular formula is C24H32O10Se2. The first kappa shape index (κ1) is 28.3. The van der Waals surface area contributed by atoms with Gasteiger partial charge in [0.15, 0.2) is 0 Å². The zero-order valence-corrected chi connectivity index (χ0v) is 22.7. The molecule has 2 aromatic rings. The van der Waals surface area contributed by atoms with Gasteiger partial charge in [-0.15, -0.1) is 0 Å². The van der Waals surface area contributed by atoms with Gasteiger partial charge in [0.1, 0.15) is 0 Å². The number of fused-ring (bicyclic) bond motifs is 1. The summed E-state index contributed by atoms with van der Waals surface area (Å²) in [7, 11) is 0. The Labute approximate surface area is 220 Å². The summed E-state index contributed by atoms with van der Waals surface area (Å²) < 4.78 is 11.3. The van der Waals surface area contributed by atoms with E-state index in [1.165, 1.54) is 0 Å². The van der Waals surface area contributed by atoms with Gasteiger partial charge in [-0.05, 0) is 0 Å². The van der Waals surface area contributed by atoms with E-state index in [2.05, 4.69) is 0 Å². The van der Waals surface area contributed by atoms with Crippen LogP contribution in [0.2, 0.25) is 0 Å². The van der Waals surface area contributed by atoms with E-state index in [0.29, 0.717) is 10.6 Å². The van der Waals surface area contributed by atoms with Crippen molar-refractivity contribution in [3.8, 4) is 0 Å². The maximum atomic E-state index is 10.4. The maximum absolute atomic E-state index is 10.4. The van der Waals surface area contributed by atoms with E-state index in [1.54, 1.807) is 0 Å². The van der Waals surface area contributed by atoms with Crippen molar-refractivity contribution < 1.29 is 50.3 Å². The van der Waals surface area contributed by atoms with Crippen molar-refractivity contribution in [2.24, 2.45) is 0 Å². The molecule has 0 aromatic heterocycles. The Morgan fingerprint density at radius 1 is 0.556 bits per heavy atom. The van der Waals surface area contributed by atoms with Gasteiger partial charge in [0.2, 0.25) is 0 Å². The number of rotatable bonds is 8. The molecule has 4 rings (SSSR count). The molecule has 12 heteroatoms. The Hall–Kier alpha value is -0.661. The van der Waals surface area contributed by atoms with Crippen LogP contribution in [-0.4, -0.2) is 143 Å². The number of aliphatic hydroxyl groups is 8. The molecule has 0 saturated carbocycles. The van der Waals surface area contributed by atoms with Crippen molar-refractivity contribution in [2.45, 2.75) is 69.5 Å². The predicted octanol–water partition coefficient (Wildman–Crippen LogP) is -3.15. The first-order valence-electron chi connectivity index (χ1n) is 11.6. The first-order chi connectivity index (χ1) is 17.3. The third kappa shape index (κ3) is 5.83. The van der Waals surface area contributed by atoms with E-state index in [0.717, 1.165) is 21.9 Å². The van der Waals surface area contributed by atoms with Gasteiger partial charge in [0.25, 0.3) is 0 Å². The Balaban J connectivity index is 1.46. The van der Waals surface area contributed by atoms with E-state index in [9.17, 15) is 40.9 Å². The van der Waals surface area contributed by atoms with Crippen LogP contribution in [0.4, 0.5) is 0 Å². The van der Waals surface area contributed by atoms with Crippen LogP contribution in [0.15, 0.2) is 36.4 Å².